The Balaban J connectivity index is 2.88. The minimum atomic E-state index is -4.83. The monoisotopic (exact) mass is 308 g/mol. The number of nitrogens with zero attached hydrogens (tertiary/aromatic N) is 1. The zero-order chi connectivity index (χ0) is 16.2. The number of nitrogens with one attached hydrogen (secondary N) is 1. The number of aliphatic carboxylic acids is 1. The number of hydrogen-bond acceptors (Lipinski definition) is 2. The van der Waals surface area contributed by atoms with Gasteiger partial charge in [0.25, 0.3) is 0 Å². The lowest BCUT2D eigenvalue weighted by Crippen LogP contribution is -2.33. The van der Waals surface area contributed by atoms with Gasteiger partial charge in [-0.15, -0.1) is 0 Å². The van der Waals surface area contributed by atoms with Crippen LogP contribution in [0.5, 0.6) is 0 Å². The van der Waals surface area contributed by atoms with Gasteiger partial charge in [-0.25, -0.2) is 9.18 Å². The molecule has 9 heteroatoms. The fourth-order valence-electron chi connectivity index (χ4n) is 1.44. The number of urea groups is 1. The number of amides is 2. The second kappa shape index (κ2) is 6.42. The Hall–Kier alpha value is -2.32. The highest BCUT2D eigenvalue weighted by molar-refractivity contribution is 5.90. The molecule has 0 aromatic heterocycles. The highest BCUT2D eigenvalue weighted by Gasteiger charge is 2.34. The molecule has 0 heterocycles. The highest BCUT2D eigenvalue weighted by Crippen LogP contribution is 2.35. The third kappa shape index (κ3) is 4.93. The van der Waals surface area contributed by atoms with Gasteiger partial charge in [0.05, 0.1) is 17.7 Å². The summed E-state index contributed by atoms with van der Waals surface area (Å²) in [6, 6.07) is 0.920. The number of carboxylic acids is 1. The summed E-state index contributed by atoms with van der Waals surface area (Å²) >= 11 is 0. The molecule has 0 bridgehead atoms. The van der Waals surface area contributed by atoms with E-state index in [-0.39, 0.29) is 19.0 Å². The zero-order valence-electron chi connectivity index (χ0n) is 10.9. The topological polar surface area (TPSA) is 69.6 Å². The number of hydrogen-bond donors (Lipinski definition) is 2. The van der Waals surface area contributed by atoms with Gasteiger partial charge >= 0.3 is 18.2 Å². The van der Waals surface area contributed by atoms with Crippen molar-refractivity contribution in [2.45, 2.75) is 12.6 Å². The zero-order valence-corrected chi connectivity index (χ0v) is 10.9. The van der Waals surface area contributed by atoms with Gasteiger partial charge in [0.15, 0.2) is 0 Å². The van der Waals surface area contributed by atoms with Crippen LogP contribution in [0.4, 0.5) is 28.0 Å². The molecule has 0 aliphatic heterocycles. The minimum Gasteiger partial charge on any atom is -0.481 e. The van der Waals surface area contributed by atoms with Gasteiger partial charge in [-0.3, -0.25) is 4.79 Å². The molecule has 0 spiro atoms. The Kier molecular flexibility index (Phi) is 5.12. The van der Waals surface area contributed by atoms with Gasteiger partial charge in [0, 0.05) is 13.6 Å². The molecule has 2 amide bonds. The van der Waals surface area contributed by atoms with E-state index in [1.807, 2.05) is 5.32 Å². The van der Waals surface area contributed by atoms with E-state index in [2.05, 4.69) is 0 Å². The van der Waals surface area contributed by atoms with Crippen molar-refractivity contribution in [3.63, 3.8) is 0 Å². The molecule has 1 aromatic rings. The van der Waals surface area contributed by atoms with Gasteiger partial charge in [-0.05, 0) is 18.2 Å². The molecule has 5 nitrogen and oxygen atoms in total. The predicted octanol–water partition coefficient (Wildman–Crippen LogP) is 2.78. The summed E-state index contributed by atoms with van der Waals surface area (Å²) in [5, 5.41) is 10.4. The Labute approximate surface area is 117 Å². The van der Waals surface area contributed by atoms with E-state index in [1.54, 1.807) is 0 Å². The van der Waals surface area contributed by atoms with Crippen LogP contribution < -0.4 is 5.32 Å². The average Bonchev–Trinajstić information content (AvgIpc) is 2.36. The second-order valence-corrected chi connectivity index (χ2v) is 4.18. The maximum absolute atomic E-state index is 12.9. The molecule has 0 saturated carbocycles. The van der Waals surface area contributed by atoms with Crippen molar-refractivity contribution in [1.29, 1.82) is 0 Å². The van der Waals surface area contributed by atoms with Gasteiger partial charge in [0.1, 0.15) is 5.82 Å². The van der Waals surface area contributed by atoms with Crippen LogP contribution in [-0.2, 0) is 11.0 Å². The summed E-state index contributed by atoms with van der Waals surface area (Å²) in [6.45, 7) is -0.177. The molecule has 0 aliphatic rings. The van der Waals surface area contributed by atoms with Gasteiger partial charge in [-0.1, -0.05) is 0 Å². The first-order valence-corrected chi connectivity index (χ1v) is 5.72. The molecular formula is C12H12F4N2O3. The number of rotatable bonds is 4. The lowest BCUT2D eigenvalue weighted by atomic mass is 10.1. The summed E-state index contributed by atoms with van der Waals surface area (Å²) in [7, 11) is 1.23. The van der Waals surface area contributed by atoms with E-state index in [0.717, 1.165) is 17.0 Å². The lowest BCUT2D eigenvalue weighted by molar-refractivity contribution is -0.138. The number of anilines is 1. The van der Waals surface area contributed by atoms with Crippen LogP contribution in [0.15, 0.2) is 18.2 Å². The van der Waals surface area contributed by atoms with Crippen LogP contribution >= 0.6 is 0 Å². The Morgan fingerprint density at radius 1 is 1.33 bits per heavy atom. The fraction of sp³-hybridized carbons (Fsp3) is 0.333. The fourth-order valence-corrected chi connectivity index (χ4v) is 1.44. The number of halogens is 4. The van der Waals surface area contributed by atoms with Crippen molar-refractivity contribution in [2.75, 3.05) is 18.9 Å². The van der Waals surface area contributed by atoms with Crippen molar-refractivity contribution in [3.8, 4) is 0 Å². The molecule has 1 rings (SSSR count). The van der Waals surface area contributed by atoms with E-state index in [9.17, 15) is 27.2 Å². The maximum Gasteiger partial charge on any atom is 0.418 e. The van der Waals surface area contributed by atoms with E-state index in [1.165, 1.54) is 7.05 Å². The molecule has 116 valence electrons. The number of alkyl halides is 3. The third-order valence-corrected chi connectivity index (χ3v) is 2.54. The summed E-state index contributed by atoms with van der Waals surface area (Å²) in [5.41, 5.74) is -1.92. The van der Waals surface area contributed by atoms with Gasteiger partial charge < -0.3 is 15.3 Å². The van der Waals surface area contributed by atoms with Crippen molar-refractivity contribution in [1.82, 2.24) is 4.90 Å². The van der Waals surface area contributed by atoms with E-state index < -0.39 is 35.2 Å². The Morgan fingerprint density at radius 3 is 2.48 bits per heavy atom. The molecule has 0 fully saturated rings. The average molecular weight is 308 g/mol. The first-order chi connectivity index (χ1) is 9.61. The van der Waals surface area contributed by atoms with E-state index in [0.29, 0.717) is 0 Å². The van der Waals surface area contributed by atoms with Crippen molar-refractivity contribution in [3.05, 3.63) is 29.6 Å². The number of carbonyl (C=O) groups is 2. The lowest BCUT2D eigenvalue weighted by Gasteiger charge is -2.19. The Bertz CT molecular complexity index is 546. The molecule has 2 N–H and O–H groups in total. The first-order valence-electron chi connectivity index (χ1n) is 5.72. The quantitative estimate of drug-likeness (QED) is 0.840. The largest absolute Gasteiger partial charge is 0.481 e. The van der Waals surface area contributed by atoms with Crippen LogP contribution in [0.1, 0.15) is 12.0 Å². The molecule has 0 saturated heterocycles. The summed E-state index contributed by atoms with van der Waals surface area (Å²) in [5.74, 6) is -2.23. The summed E-state index contributed by atoms with van der Waals surface area (Å²) in [4.78, 5) is 22.9. The van der Waals surface area contributed by atoms with Crippen LogP contribution in [0.3, 0.4) is 0 Å². The first kappa shape index (κ1) is 16.7. The SMILES string of the molecule is CN(CCC(=O)O)C(=O)Nc1ccc(F)cc1C(F)(F)F. The summed E-state index contributed by atoms with van der Waals surface area (Å²) < 4.78 is 51.1. The molecular weight excluding hydrogens is 296 g/mol. The minimum absolute atomic E-state index is 0.177. The van der Waals surface area contributed by atoms with Crippen molar-refractivity contribution >= 4 is 17.7 Å². The third-order valence-electron chi connectivity index (χ3n) is 2.54. The van der Waals surface area contributed by atoms with E-state index >= 15 is 0 Å². The second-order valence-electron chi connectivity index (χ2n) is 4.18. The standard InChI is InChI=1S/C12H12F4N2O3/c1-18(5-4-10(19)20)11(21)17-9-3-2-7(13)6-8(9)12(14,15)16/h2-3,6H,4-5H2,1H3,(H,17,21)(H,19,20). The number of carboxylic acid groups (broad SMARTS) is 1. The maximum atomic E-state index is 12.9. The molecule has 1 aromatic carbocycles. The predicted molar refractivity (Wildman–Crippen MR) is 65.3 cm³/mol. The van der Waals surface area contributed by atoms with Crippen molar-refractivity contribution < 1.29 is 32.3 Å². The molecule has 0 unspecified atom stereocenters. The molecule has 0 atom stereocenters. The number of benzene rings is 1. The van der Waals surface area contributed by atoms with Gasteiger partial charge in [-0.2, -0.15) is 13.2 Å². The van der Waals surface area contributed by atoms with Crippen LogP contribution in [0, 0.1) is 5.82 Å². The van der Waals surface area contributed by atoms with E-state index in [4.69, 9.17) is 5.11 Å². The smallest absolute Gasteiger partial charge is 0.418 e. The highest BCUT2D eigenvalue weighted by atomic mass is 19.4. The molecule has 0 aliphatic carbocycles. The Morgan fingerprint density at radius 2 is 1.95 bits per heavy atom. The van der Waals surface area contributed by atoms with Crippen LogP contribution in [-0.4, -0.2) is 35.6 Å². The van der Waals surface area contributed by atoms with Gasteiger partial charge in [0.2, 0.25) is 0 Å². The van der Waals surface area contributed by atoms with Crippen LogP contribution in [0.2, 0.25) is 0 Å². The molecule has 21 heavy (non-hydrogen) atoms. The van der Waals surface area contributed by atoms with Crippen LogP contribution in [0.25, 0.3) is 0 Å². The summed E-state index contributed by atoms with van der Waals surface area (Å²) in [6.07, 6.45) is -5.18. The van der Waals surface area contributed by atoms with Crippen molar-refractivity contribution in [2.24, 2.45) is 0 Å². The molecule has 0 radical (unpaired) electrons. The normalized spacial score (nSPS) is 11.1. The number of carbonyl (C=O) groups excluding carboxylic acids is 1.